The van der Waals surface area contributed by atoms with E-state index >= 15 is 0 Å². The Bertz CT molecular complexity index is 858. The standard InChI is InChI=1S/C15H13N3O3/c19-9-10-14(16-11-5-1-2-6-12(11)20)17-13-7-3-4-8-18(13)15(10)21/h1-8,16,19-20H,9H2. The highest BCUT2D eigenvalue weighted by Gasteiger charge is 2.13. The Hall–Kier alpha value is -2.86. The minimum atomic E-state index is -0.445. The van der Waals surface area contributed by atoms with Gasteiger partial charge in [0.15, 0.2) is 0 Å². The van der Waals surface area contributed by atoms with E-state index in [9.17, 15) is 15.0 Å². The molecule has 2 aromatic heterocycles. The fraction of sp³-hybridized carbons (Fsp3) is 0.0667. The van der Waals surface area contributed by atoms with Gasteiger partial charge in [-0.1, -0.05) is 18.2 Å². The van der Waals surface area contributed by atoms with Crippen molar-refractivity contribution >= 4 is 17.2 Å². The number of benzene rings is 1. The number of aromatic hydroxyl groups is 1. The minimum absolute atomic E-state index is 0.0384. The number of nitrogens with zero attached hydrogens (tertiary/aromatic N) is 2. The Kier molecular flexibility index (Phi) is 3.29. The summed E-state index contributed by atoms with van der Waals surface area (Å²) in [7, 11) is 0. The van der Waals surface area contributed by atoms with E-state index in [0.29, 0.717) is 11.3 Å². The lowest BCUT2D eigenvalue weighted by molar-refractivity contribution is 0.280. The number of rotatable bonds is 3. The van der Waals surface area contributed by atoms with Gasteiger partial charge in [-0.15, -0.1) is 0 Å². The molecule has 3 rings (SSSR count). The first-order valence-corrected chi connectivity index (χ1v) is 6.37. The van der Waals surface area contributed by atoms with Gasteiger partial charge in [0, 0.05) is 6.20 Å². The third-order valence-electron chi connectivity index (χ3n) is 3.14. The van der Waals surface area contributed by atoms with Crippen LogP contribution in [-0.4, -0.2) is 19.6 Å². The second-order valence-corrected chi connectivity index (χ2v) is 4.47. The molecule has 0 unspecified atom stereocenters. The lowest BCUT2D eigenvalue weighted by Gasteiger charge is -2.12. The summed E-state index contributed by atoms with van der Waals surface area (Å²) in [5, 5.41) is 22.1. The summed E-state index contributed by atoms with van der Waals surface area (Å²) < 4.78 is 1.36. The van der Waals surface area contributed by atoms with Crippen LogP contribution in [0.5, 0.6) is 5.75 Å². The molecule has 0 bridgehead atoms. The molecule has 21 heavy (non-hydrogen) atoms. The largest absolute Gasteiger partial charge is 0.506 e. The van der Waals surface area contributed by atoms with Crippen molar-refractivity contribution in [2.24, 2.45) is 0 Å². The van der Waals surface area contributed by atoms with Crippen LogP contribution in [0.15, 0.2) is 53.5 Å². The molecule has 0 aliphatic rings. The van der Waals surface area contributed by atoms with Crippen LogP contribution in [0.1, 0.15) is 5.56 Å². The SMILES string of the molecule is O=c1c(CO)c(Nc2ccccc2O)nc2ccccn12. The van der Waals surface area contributed by atoms with Gasteiger partial charge in [-0.3, -0.25) is 9.20 Å². The molecule has 2 heterocycles. The highest BCUT2D eigenvalue weighted by atomic mass is 16.3. The van der Waals surface area contributed by atoms with Crippen molar-refractivity contribution < 1.29 is 10.2 Å². The number of pyridine rings is 1. The van der Waals surface area contributed by atoms with Gasteiger partial charge in [-0.05, 0) is 24.3 Å². The van der Waals surface area contributed by atoms with Gasteiger partial charge in [0.05, 0.1) is 17.9 Å². The Morgan fingerprint density at radius 1 is 1.14 bits per heavy atom. The van der Waals surface area contributed by atoms with Crippen molar-refractivity contribution in [3.05, 3.63) is 64.6 Å². The predicted octanol–water partition coefficient (Wildman–Crippen LogP) is 1.64. The molecule has 0 aliphatic heterocycles. The molecule has 3 N–H and O–H groups in total. The van der Waals surface area contributed by atoms with E-state index < -0.39 is 6.61 Å². The topological polar surface area (TPSA) is 86.9 Å². The molecule has 0 atom stereocenters. The number of aliphatic hydroxyl groups excluding tert-OH is 1. The molecule has 3 aromatic rings. The molecular weight excluding hydrogens is 270 g/mol. The number of anilines is 2. The molecule has 0 saturated heterocycles. The number of fused-ring (bicyclic) bond motifs is 1. The number of hydrogen-bond donors (Lipinski definition) is 3. The monoisotopic (exact) mass is 283 g/mol. The minimum Gasteiger partial charge on any atom is -0.506 e. The summed E-state index contributed by atoms with van der Waals surface area (Å²) in [5.41, 5.74) is 0.667. The molecule has 0 saturated carbocycles. The molecule has 6 heteroatoms. The zero-order valence-corrected chi connectivity index (χ0v) is 11.0. The van der Waals surface area contributed by atoms with Gasteiger partial charge >= 0.3 is 0 Å². The maximum absolute atomic E-state index is 12.3. The van der Waals surface area contributed by atoms with Gasteiger partial charge in [0.1, 0.15) is 17.2 Å². The molecule has 0 spiro atoms. The molecule has 0 amide bonds. The van der Waals surface area contributed by atoms with Gasteiger partial charge < -0.3 is 15.5 Å². The first-order valence-electron chi connectivity index (χ1n) is 6.37. The number of phenolic OH excluding ortho intramolecular Hbond substituents is 1. The summed E-state index contributed by atoms with van der Waals surface area (Å²) in [6, 6.07) is 11.8. The first kappa shape index (κ1) is 13.1. The van der Waals surface area contributed by atoms with Crippen LogP contribution in [0.4, 0.5) is 11.5 Å². The number of phenols is 1. The van der Waals surface area contributed by atoms with E-state index in [-0.39, 0.29) is 22.7 Å². The van der Waals surface area contributed by atoms with E-state index in [1.807, 2.05) is 0 Å². The molecule has 106 valence electrons. The van der Waals surface area contributed by atoms with Crippen molar-refractivity contribution in [3.63, 3.8) is 0 Å². The Morgan fingerprint density at radius 3 is 2.67 bits per heavy atom. The quantitative estimate of drug-likeness (QED) is 0.636. The maximum atomic E-state index is 12.3. The number of hydrogen-bond acceptors (Lipinski definition) is 5. The zero-order chi connectivity index (χ0) is 14.8. The van der Waals surface area contributed by atoms with Crippen LogP contribution in [-0.2, 0) is 6.61 Å². The second kappa shape index (κ2) is 5.26. The number of aromatic nitrogens is 2. The summed E-state index contributed by atoms with van der Waals surface area (Å²) in [6.07, 6.45) is 1.59. The van der Waals surface area contributed by atoms with Gasteiger partial charge in [0.2, 0.25) is 0 Å². The summed E-state index contributed by atoms with van der Waals surface area (Å²) in [4.78, 5) is 16.6. The molecule has 0 fully saturated rings. The smallest absolute Gasteiger partial charge is 0.265 e. The van der Waals surface area contributed by atoms with Gasteiger partial charge in [-0.25, -0.2) is 4.98 Å². The average molecular weight is 283 g/mol. The van der Waals surface area contributed by atoms with Crippen LogP contribution in [0, 0.1) is 0 Å². The van der Waals surface area contributed by atoms with Crippen molar-refractivity contribution in [2.75, 3.05) is 5.32 Å². The zero-order valence-electron chi connectivity index (χ0n) is 11.0. The van der Waals surface area contributed by atoms with Crippen molar-refractivity contribution in [3.8, 4) is 5.75 Å². The van der Waals surface area contributed by atoms with Crippen LogP contribution < -0.4 is 10.9 Å². The van der Waals surface area contributed by atoms with Crippen LogP contribution in [0.25, 0.3) is 5.65 Å². The Morgan fingerprint density at radius 2 is 1.90 bits per heavy atom. The van der Waals surface area contributed by atoms with Crippen molar-refractivity contribution in [2.45, 2.75) is 6.61 Å². The fourth-order valence-electron chi connectivity index (χ4n) is 2.08. The molecule has 0 radical (unpaired) electrons. The van der Waals surface area contributed by atoms with E-state index in [1.165, 1.54) is 10.5 Å². The second-order valence-electron chi connectivity index (χ2n) is 4.47. The van der Waals surface area contributed by atoms with Crippen molar-refractivity contribution in [1.82, 2.24) is 9.38 Å². The Labute approximate surface area is 120 Å². The highest BCUT2D eigenvalue weighted by Crippen LogP contribution is 2.26. The number of para-hydroxylation sites is 2. The van der Waals surface area contributed by atoms with Crippen LogP contribution >= 0.6 is 0 Å². The molecular formula is C15H13N3O3. The lowest BCUT2D eigenvalue weighted by Crippen LogP contribution is -2.21. The highest BCUT2D eigenvalue weighted by molar-refractivity contribution is 5.66. The first-order chi connectivity index (χ1) is 10.2. The van der Waals surface area contributed by atoms with Crippen LogP contribution in [0.3, 0.4) is 0 Å². The van der Waals surface area contributed by atoms with Gasteiger partial charge in [0.25, 0.3) is 5.56 Å². The summed E-state index contributed by atoms with van der Waals surface area (Å²) in [6.45, 7) is -0.445. The third kappa shape index (κ3) is 2.32. The number of aliphatic hydroxyl groups is 1. The third-order valence-corrected chi connectivity index (χ3v) is 3.14. The van der Waals surface area contributed by atoms with E-state index in [1.54, 1.807) is 42.6 Å². The van der Waals surface area contributed by atoms with E-state index in [4.69, 9.17) is 0 Å². The van der Waals surface area contributed by atoms with E-state index in [0.717, 1.165) is 0 Å². The normalized spacial score (nSPS) is 10.7. The van der Waals surface area contributed by atoms with E-state index in [2.05, 4.69) is 10.3 Å². The van der Waals surface area contributed by atoms with Gasteiger partial charge in [-0.2, -0.15) is 0 Å². The lowest BCUT2D eigenvalue weighted by atomic mass is 10.2. The summed E-state index contributed by atoms with van der Waals surface area (Å²) in [5.74, 6) is 0.270. The maximum Gasteiger partial charge on any atom is 0.265 e. The Balaban J connectivity index is 2.18. The van der Waals surface area contributed by atoms with Crippen molar-refractivity contribution in [1.29, 1.82) is 0 Å². The fourth-order valence-corrected chi connectivity index (χ4v) is 2.08. The molecule has 1 aromatic carbocycles. The predicted molar refractivity (Wildman–Crippen MR) is 78.8 cm³/mol. The van der Waals surface area contributed by atoms with Crippen LogP contribution in [0.2, 0.25) is 0 Å². The number of nitrogens with one attached hydrogen (secondary N) is 1. The summed E-state index contributed by atoms with van der Waals surface area (Å²) >= 11 is 0. The average Bonchev–Trinajstić information content (AvgIpc) is 2.50. The molecule has 6 nitrogen and oxygen atoms in total. The molecule has 0 aliphatic carbocycles.